The number of nitrogens with zero attached hydrogens (tertiary/aromatic N) is 2. The average Bonchev–Trinajstić information content (AvgIpc) is 2.82. The van der Waals surface area contributed by atoms with Crippen molar-refractivity contribution in [1.82, 2.24) is 14.1 Å². The third-order valence-electron chi connectivity index (χ3n) is 3.15. The average molecular weight is 313 g/mol. The summed E-state index contributed by atoms with van der Waals surface area (Å²) in [5, 5.41) is 0. The summed E-state index contributed by atoms with van der Waals surface area (Å²) < 4.78 is 3.46. The summed E-state index contributed by atoms with van der Waals surface area (Å²) in [6, 6.07) is 0. The van der Waals surface area contributed by atoms with Crippen LogP contribution in [0.15, 0.2) is 9.59 Å². The molecule has 0 aromatic carbocycles. The van der Waals surface area contributed by atoms with Gasteiger partial charge in [-0.05, 0) is 18.6 Å². The Kier molecular flexibility index (Phi) is 4.34. The Bertz CT molecular complexity index is 825. The van der Waals surface area contributed by atoms with Gasteiger partial charge in [0.1, 0.15) is 16.1 Å². The van der Waals surface area contributed by atoms with E-state index in [0.29, 0.717) is 33.6 Å². The lowest BCUT2D eigenvalue weighted by Gasteiger charge is -2.07. The van der Waals surface area contributed by atoms with E-state index in [0.717, 1.165) is 11.3 Å². The number of hydrogen-bond acceptors (Lipinski definition) is 5. The summed E-state index contributed by atoms with van der Waals surface area (Å²) in [4.78, 5) is 38.5. The van der Waals surface area contributed by atoms with Crippen LogP contribution in [0.2, 0.25) is 0 Å². The van der Waals surface area contributed by atoms with Crippen LogP contribution < -0.4 is 11.2 Å². The van der Waals surface area contributed by atoms with E-state index in [1.54, 1.807) is 14.0 Å². The van der Waals surface area contributed by atoms with E-state index in [1.807, 2.05) is 0 Å². The molecule has 8 heteroatoms. The maximum Gasteiger partial charge on any atom is 0.332 e. The fourth-order valence-corrected chi connectivity index (χ4v) is 3.16. The number of H-pyrrole nitrogens is 1. The zero-order chi connectivity index (χ0) is 14.9. The zero-order valence-corrected chi connectivity index (χ0v) is 12.9. The van der Waals surface area contributed by atoms with Crippen molar-refractivity contribution in [1.29, 1.82) is 0 Å². The second-order valence-corrected chi connectivity index (χ2v) is 6.17. The Labute approximate surface area is 123 Å². The second kappa shape index (κ2) is 5.84. The molecule has 1 N–H and O–H groups in total. The second-order valence-electron chi connectivity index (χ2n) is 4.49. The maximum absolute atomic E-state index is 12.3. The monoisotopic (exact) mass is 313 g/mol. The lowest BCUT2D eigenvalue weighted by Crippen LogP contribution is -2.38. The summed E-state index contributed by atoms with van der Waals surface area (Å²) in [6.07, 6.45) is 1.35. The molecular formula is C12H15N3O3S2. The summed E-state index contributed by atoms with van der Waals surface area (Å²) in [7, 11) is 1.59. The number of fused-ring (bicyclic) bond motifs is 1. The Balaban J connectivity index is 2.43. The number of nitrogens with one attached hydrogen (secondary N) is 1. The minimum absolute atomic E-state index is 0.133. The quantitative estimate of drug-likeness (QED) is 0.850. The number of carbonyl (C=O) groups is 1. The number of aryl methyl sites for hydroxylation is 1. The van der Waals surface area contributed by atoms with Gasteiger partial charge in [-0.2, -0.15) is 0 Å². The van der Waals surface area contributed by atoms with E-state index in [4.69, 9.17) is 12.2 Å². The largest absolute Gasteiger partial charge is 0.332 e. The molecule has 6 nitrogen and oxygen atoms in total. The fourth-order valence-electron chi connectivity index (χ4n) is 2.00. The van der Waals surface area contributed by atoms with Crippen LogP contribution in [-0.2, 0) is 18.4 Å². The van der Waals surface area contributed by atoms with Crippen molar-refractivity contribution in [2.24, 2.45) is 7.05 Å². The van der Waals surface area contributed by atoms with E-state index >= 15 is 0 Å². The molecule has 2 rings (SSSR count). The highest BCUT2D eigenvalue weighted by Gasteiger charge is 2.13. The Morgan fingerprint density at radius 3 is 2.75 bits per heavy atom. The van der Waals surface area contributed by atoms with Gasteiger partial charge in [0, 0.05) is 26.4 Å². The molecule has 2 aromatic rings. The number of thiazole rings is 1. The smallest absolute Gasteiger partial charge is 0.323 e. The normalized spacial score (nSPS) is 11.1. The van der Waals surface area contributed by atoms with Crippen molar-refractivity contribution in [2.75, 3.05) is 0 Å². The van der Waals surface area contributed by atoms with Crippen molar-refractivity contribution in [2.45, 2.75) is 32.7 Å². The number of rotatable bonds is 5. The van der Waals surface area contributed by atoms with Gasteiger partial charge in [0.15, 0.2) is 3.95 Å². The summed E-state index contributed by atoms with van der Waals surface area (Å²) >= 11 is 6.17. The first-order valence-corrected chi connectivity index (χ1v) is 7.52. The van der Waals surface area contributed by atoms with Crippen LogP contribution in [0.1, 0.15) is 26.2 Å². The van der Waals surface area contributed by atoms with Gasteiger partial charge in [-0.15, -0.1) is 0 Å². The van der Waals surface area contributed by atoms with Gasteiger partial charge in [-0.3, -0.25) is 18.7 Å². The van der Waals surface area contributed by atoms with Crippen molar-refractivity contribution >= 4 is 39.7 Å². The first-order chi connectivity index (χ1) is 9.45. The summed E-state index contributed by atoms with van der Waals surface area (Å²) in [5.74, 6) is 0.133. The van der Waals surface area contributed by atoms with Gasteiger partial charge in [0.05, 0.1) is 0 Å². The first kappa shape index (κ1) is 14.9. The van der Waals surface area contributed by atoms with E-state index in [1.165, 1.54) is 9.13 Å². The Hall–Kier alpha value is -1.54. The topological polar surface area (TPSA) is 76.9 Å². The molecule has 0 aliphatic carbocycles. The van der Waals surface area contributed by atoms with E-state index in [-0.39, 0.29) is 17.9 Å². The van der Waals surface area contributed by atoms with E-state index in [9.17, 15) is 14.4 Å². The van der Waals surface area contributed by atoms with Gasteiger partial charge in [0.2, 0.25) is 0 Å². The molecule has 0 amide bonds. The molecule has 20 heavy (non-hydrogen) atoms. The van der Waals surface area contributed by atoms with Crippen LogP contribution in [0.25, 0.3) is 10.3 Å². The van der Waals surface area contributed by atoms with Crippen LogP contribution in [-0.4, -0.2) is 19.9 Å². The predicted molar refractivity (Wildman–Crippen MR) is 81.0 cm³/mol. The van der Waals surface area contributed by atoms with Crippen molar-refractivity contribution in [3.05, 3.63) is 24.8 Å². The Morgan fingerprint density at radius 1 is 1.40 bits per heavy atom. The van der Waals surface area contributed by atoms with Crippen LogP contribution in [0.4, 0.5) is 0 Å². The molecule has 108 valence electrons. The molecule has 0 radical (unpaired) electrons. The van der Waals surface area contributed by atoms with Crippen LogP contribution in [0, 0.1) is 3.95 Å². The van der Waals surface area contributed by atoms with E-state index < -0.39 is 5.69 Å². The van der Waals surface area contributed by atoms with Gasteiger partial charge < -0.3 is 4.98 Å². The maximum atomic E-state index is 12.3. The highest BCUT2D eigenvalue weighted by atomic mass is 32.1. The van der Waals surface area contributed by atoms with Gasteiger partial charge in [-0.25, -0.2) is 4.79 Å². The van der Waals surface area contributed by atoms with Gasteiger partial charge >= 0.3 is 5.69 Å². The molecule has 0 saturated heterocycles. The van der Waals surface area contributed by atoms with Gasteiger partial charge in [0.25, 0.3) is 5.56 Å². The standard InChI is InChI=1S/C12H15N3O3S2/c1-3-7(16)5-4-6-15-10(17)8-9(13-11(19)20-8)14(2)12(15)18/h3-6H2,1-2H3,(H,13,19). The molecular weight excluding hydrogens is 298 g/mol. The van der Waals surface area contributed by atoms with Crippen LogP contribution >= 0.6 is 23.6 Å². The highest BCUT2D eigenvalue weighted by Crippen LogP contribution is 2.12. The molecule has 0 unspecified atom stereocenters. The van der Waals surface area contributed by atoms with Crippen LogP contribution in [0.5, 0.6) is 0 Å². The number of ketones is 1. The molecule has 0 atom stereocenters. The molecule has 2 heterocycles. The first-order valence-electron chi connectivity index (χ1n) is 6.30. The van der Waals surface area contributed by atoms with Crippen LogP contribution in [0.3, 0.4) is 0 Å². The Morgan fingerprint density at radius 2 is 2.10 bits per heavy atom. The molecule has 0 fully saturated rings. The summed E-state index contributed by atoms with van der Waals surface area (Å²) in [6.45, 7) is 2.05. The van der Waals surface area contributed by atoms with E-state index in [2.05, 4.69) is 4.98 Å². The predicted octanol–water partition coefficient (Wildman–Crippen LogP) is 1.58. The third kappa shape index (κ3) is 2.66. The number of Topliss-reactive ketones (excluding diaryl/α,β-unsaturated/α-hetero) is 1. The third-order valence-corrected chi connectivity index (χ3v) is 4.37. The van der Waals surface area contributed by atoms with Crippen molar-refractivity contribution < 1.29 is 4.79 Å². The molecule has 0 aliphatic rings. The molecule has 2 aromatic heterocycles. The number of aromatic nitrogens is 3. The number of carbonyl (C=O) groups excluding carboxylic acids is 1. The van der Waals surface area contributed by atoms with Crippen molar-refractivity contribution in [3.8, 4) is 0 Å². The minimum atomic E-state index is -0.393. The molecule has 0 bridgehead atoms. The molecule has 0 saturated carbocycles. The molecule has 0 spiro atoms. The lowest BCUT2D eigenvalue weighted by atomic mass is 10.2. The molecule has 0 aliphatic heterocycles. The minimum Gasteiger partial charge on any atom is -0.323 e. The number of hydrogen-bond donors (Lipinski definition) is 1. The lowest BCUT2D eigenvalue weighted by molar-refractivity contribution is -0.118. The fraction of sp³-hybridized carbons (Fsp3) is 0.500. The zero-order valence-electron chi connectivity index (χ0n) is 11.3. The SMILES string of the molecule is CCC(=O)CCCn1c(=O)c2sc(=S)[nH]c2n(C)c1=O. The van der Waals surface area contributed by atoms with Gasteiger partial charge in [-0.1, -0.05) is 18.3 Å². The highest BCUT2D eigenvalue weighted by molar-refractivity contribution is 7.73. The number of aromatic amines is 1. The summed E-state index contributed by atoms with van der Waals surface area (Å²) in [5.41, 5.74) is -0.282. The van der Waals surface area contributed by atoms with Crippen molar-refractivity contribution in [3.63, 3.8) is 0 Å².